The van der Waals surface area contributed by atoms with E-state index in [1.807, 2.05) is 20.8 Å². The average Bonchev–Trinajstić information content (AvgIpc) is 2.20. The van der Waals surface area contributed by atoms with Gasteiger partial charge in [-0.25, -0.2) is 0 Å². The first-order valence-electron chi connectivity index (χ1n) is 4.84. The van der Waals surface area contributed by atoms with Crippen LogP contribution in [0.15, 0.2) is 6.07 Å². The second kappa shape index (κ2) is 5.29. The van der Waals surface area contributed by atoms with E-state index in [1.54, 1.807) is 6.07 Å². The van der Waals surface area contributed by atoms with Crippen LogP contribution in [0.3, 0.4) is 0 Å². The number of likely N-dealkylation sites (N-methyl/N-ethyl adjacent to an activating group) is 1. The summed E-state index contributed by atoms with van der Waals surface area (Å²) in [6, 6.07) is 1.77. The van der Waals surface area contributed by atoms with Gasteiger partial charge in [0.2, 0.25) is 5.88 Å². The van der Waals surface area contributed by atoms with Crippen LogP contribution in [-0.2, 0) is 4.79 Å². The van der Waals surface area contributed by atoms with Crippen LogP contribution in [0.4, 0.5) is 0 Å². The smallest absolute Gasteiger partial charge is 0.257 e. The summed E-state index contributed by atoms with van der Waals surface area (Å²) in [5.74, 6) is 0.224. The largest absolute Gasteiger partial charge is 0.466 e. The zero-order valence-corrected chi connectivity index (χ0v) is 9.20. The lowest BCUT2D eigenvalue weighted by atomic mass is 10.2. The molecule has 0 atom stereocenters. The summed E-state index contributed by atoms with van der Waals surface area (Å²) >= 11 is 0. The van der Waals surface area contributed by atoms with Gasteiger partial charge in [-0.2, -0.15) is 5.10 Å². The molecule has 0 aliphatic rings. The van der Waals surface area contributed by atoms with Crippen molar-refractivity contribution in [1.29, 1.82) is 0 Å². The van der Waals surface area contributed by atoms with Crippen molar-refractivity contribution < 1.29 is 9.53 Å². The summed E-state index contributed by atoms with van der Waals surface area (Å²) in [6.45, 7) is 6.22. The van der Waals surface area contributed by atoms with Crippen LogP contribution in [0.1, 0.15) is 18.2 Å². The maximum atomic E-state index is 11.1. The van der Waals surface area contributed by atoms with Gasteiger partial charge in [-0.15, -0.1) is 5.10 Å². The van der Waals surface area contributed by atoms with E-state index in [1.165, 1.54) is 0 Å². The van der Waals surface area contributed by atoms with Gasteiger partial charge >= 0.3 is 0 Å². The normalized spacial score (nSPS) is 9.80. The number of nitrogens with one attached hydrogen (secondary N) is 1. The lowest BCUT2D eigenvalue weighted by Crippen LogP contribution is -2.28. The third kappa shape index (κ3) is 3.53. The molecule has 82 valence electrons. The Kier molecular flexibility index (Phi) is 4.03. The SMILES string of the molecule is CCNC(=O)COc1cc(C)c(C)nn1. The van der Waals surface area contributed by atoms with Crippen molar-refractivity contribution in [1.82, 2.24) is 15.5 Å². The first-order chi connectivity index (χ1) is 7.13. The van der Waals surface area contributed by atoms with E-state index in [2.05, 4.69) is 15.5 Å². The highest BCUT2D eigenvalue weighted by atomic mass is 16.5. The van der Waals surface area contributed by atoms with Crippen LogP contribution < -0.4 is 10.1 Å². The average molecular weight is 209 g/mol. The predicted molar refractivity (Wildman–Crippen MR) is 55.7 cm³/mol. The molecule has 1 rings (SSSR count). The number of amides is 1. The van der Waals surface area contributed by atoms with Gasteiger partial charge in [0.25, 0.3) is 5.91 Å². The van der Waals surface area contributed by atoms with Crippen molar-refractivity contribution in [2.45, 2.75) is 20.8 Å². The van der Waals surface area contributed by atoms with Crippen molar-refractivity contribution >= 4 is 5.91 Å². The highest BCUT2D eigenvalue weighted by Crippen LogP contribution is 2.09. The molecule has 0 unspecified atom stereocenters. The van der Waals surface area contributed by atoms with Gasteiger partial charge in [-0.1, -0.05) is 0 Å². The van der Waals surface area contributed by atoms with Gasteiger partial charge in [0.05, 0.1) is 5.69 Å². The molecule has 0 saturated carbocycles. The monoisotopic (exact) mass is 209 g/mol. The maximum absolute atomic E-state index is 11.1. The van der Waals surface area contributed by atoms with E-state index in [9.17, 15) is 4.79 Å². The molecule has 0 saturated heterocycles. The number of carbonyl (C=O) groups is 1. The number of rotatable bonds is 4. The molecular formula is C10H15N3O2. The topological polar surface area (TPSA) is 64.1 Å². The van der Waals surface area contributed by atoms with Crippen LogP contribution in [0.5, 0.6) is 5.88 Å². The van der Waals surface area contributed by atoms with Gasteiger partial charge in [-0.05, 0) is 26.3 Å². The van der Waals surface area contributed by atoms with E-state index >= 15 is 0 Å². The number of hydrogen-bond acceptors (Lipinski definition) is 4. The number of aryl methyl sites for hydroxylation is 2. The highest BCUT2D eigenvalue weighted by molar-refractivity contribution is 5.77. The molecule has 0 bridgehead atoms. The third-order valence-corrected chi connectivity index (χ3v) is 1.93. The molecule has 5 nitrogen and oxygen atoms in total. The van der Waals surface area contributed by atoms with Crippen molar-refractivity contribution in [3.05, 3.63) is 17.3 Å². The van der Waals surface area contributed by atoms with Crippen LogP contribution in [0.2, 0.25) is 0 Å². The number of nitrogens with zero attached hydrogens (tertiary/aromatic N) is 2. The standard InChI is InChI=1S/C10H15N3O2/c1-4-11-9(14)6-15-10-5-7(2)8(3)12-13-10/h5H,4,6H2,1-3H3,(H,11,14). The van der Waals surface area contributed by atoms with E-state index < -0.39 is 0 Å². The Morgan fingerprint density at radius 1 is 1.47 bits per heavy atom. The van der Waals surface area contributed by atoms with Gasteiger partial charge < -0.3 is 10.1 Å². The molecule has 1 aromatic rings. The van der Waals surface area contributed by atoms with Crippen molar-refractivity contribution in [3.63, 3.8) is 0 Å². The molecule has 0 aromatic carbocycles. The second-order valence-corrected chi connectivity index (χ2v) is 3.19. The van der Waals surface area contributed by atoms with Gasteiger partial charge in [0.15, 0.2) is 6.61 Å². The fourth-order valence-corrected chi connectivity index (χ4v) is 0.980. The first-order valence-corrected chi connectivity index (χ1v) is 4.84. The summed E-state index contributed by atoms with van der Waals surface area (Å²) in [4.78, 5) is 11.1. The number of aromatic nitrogens is 2. The Labute approximate surface area is 88.9 Å². The zero-order chi connectivity index (χ0) is 11.3. The van der Waals surface area contributed by atoms with Crippen molar-refractivity contribution in [2.24, 2.45) is 0 Å². The minimum Gasteiger partial charge on any atom is -0.466 e. The molecular weight excluding hydrogens is 194 g/mol. The van der Waals surface area contributed by atoms with E-state index in [0.717, 1.165) is 11.3 Å². The molecule has 0 aliphatic heterocycles. The molecule has 0 spiro atoms. The van der Waals surface area contributed by atoms with Crippen LogP contribution in [-0.4, -0.2) is 29.3 Å². The molecule has 1 amide bonds. The molecule has 1 N–H and O–H groups in total. The lowest BCUT2D eigenvalue weighted by molar-refractivity contribution is -0.123. The predicted octanol–water partition coefficient (Wildman–Crippen LogP) is 0.608. The van der Waals surface area contributed by atoms with E-state index in [0.29, 0.717) is 12.4 Å². The number of hydrogen-bond donors (Lipinski definition) is 1. The molecule has 0 fully saturated rings. The summed E-state index contributed by atoms with van der Waals surface area (Å²) in [5.41, 5.74) is 1.86. The Morgan fingerprint density at radius 2 is 2.20 bits per heavy atom. The zero-order valence-electron chi connectivity index (χ0n) is 9.20. The second-order valence-electron chi connectivity index (χ2n) is 3.19. The Bertz CT molecular complexity index is 353. The fourth-order valence-electron chi connectivity index (χ4n) is 0.980. The molecule has 1 aromatic heterocycles. The third-order valence-electron chi connectivity index (χ3n) is 1.93. The van der Waals surface area contributed by atoms with Crippen molar-refractivity contribution in [3.8, 4) is 5.88 Å². The number of carbonyl (C=O) groups excluding carboxylic acids is 1. The first kappa shape index (κ1) is 11.4. The van der Waals surface area contributed by atoms with E-state index in [4.69, 9.17) is 4.74 Å². The Balaban J connectivity index is 2.51. The van der Waals surface area contributed by atoms with Gasteiger partial charge in [0.1, 0.15) is 0 Å². The molecule has 5 heteroatoms. The summed E-state index contributed by atoms with van der Waals surface area (Å²) in [7, 11) is 0. The van der Waals surface area contributed by atoms with Crippen molar-refractivity contribution in [2.75, 3.05) is 13.2 Å². The summed E-state index contributed by atoms with van der Waals surface area (Å²) in [5, 5.41) is 10.3. The van der Waals surface area contributed by atoms with E-state index in [-0.39, 0.29) is 12.5 Å². The van der Waals surface area contributed by atoms with Crippen LogP contribution in [0, 0.1) is 13.8 Å². The minimum atomic E-state index is -0.155. The Morgan fingerprint density at radius 3 is 2.80 bits per heavy atom. The molecule has 0 aliphatic carbocycles. The molecule has 1 heterocycles. The summed E-state index contributed by atoms with van der Waals surface area (Å²) < 4.78 is 5.17. The minimum absolute atomic E-state index is 0.0228. The van der Waals surface area contributed by atoms with Crippen LogP contribution in [0.25, 0.3) is 0 Å². The highest BCUT2D eigenvalue weighted by Gasteiger charge is 2.03. The maximum Gasteiger partial charge on any atom is 0.257 e. The van der Waals surface area contributed by atoms with Gasteiger partial charge in [-0.3, -0.25) is 4.79 Å². The fraction of sp³-hybridized carbons (Fsp3) is 0.500. The summed E-state index contributed by atoms with van der Waals surface area (Å²) in [6.07, 6.45) is 0. The lowest BCUT2D eigenvalue weighted by Gasteiger charge is -2.05. The molecule has 15 heavy (non-hydrogen) atoms. The number of ether oxygens (including phenoxy) is 1. The Hall–Kier alpha value is -1.65. The quantitative estimate of drug-likeness (QED) is 0.789. The van der Waals surface area contributed by atoms with Gasteiger partial charge in [0, 0.05) is 12.6 Å². The molecule has 0 radical (unpaired) electrons. The van der Waals surface area contributed by atoms with Crippen LogP contribution >= 0.6 is 0 Å².